The van der Waals surface area contributed by atoms with Crippen LogP contribution in [-0.4, -0.2) is 19.2 Å². The number of sulfonamides is 1. The van der Waals surface area contributed by atoms with Crippen LogP contribution in [0, 0.1) is 0 Å². The van der Waals surface area contributed by atoms with Gasteiger partial charge in [0.25, 0.3) is 0 Å². The van der Waals surface area contributed by atoms with Gasteiger partial charge in [-0.05, 0) is 44.7 Å². The van der Waals surface area contributed by atoms with E-state index in [1.54, 1.807) is 20.8 Å². The van der Waals surface area contributed by atoms with Gasteiger partial charge in [0.2, 0.25) is 10.0 Å². The molecule has 1 aliphatic carbocycles. The van der Waals surface area contributed by atoms with Gasteiger partial charge < -0.3 is 0 Å². The van der Waals surface area contributed by atoms with Crippen molar-refractivity contribution in [2.45, 2.75) is 44.4 Å². The Balaban J connectivity index is 2.11. The standard InChI is InChI=1S/C13H19NO2S/c1-13(2,3)17(15,16)14-12-8-10-6-4-5-7-11(10)9-12/h4-7,12,14H,8-9H2,1-3H3. The third-order valence-electron chi connectivity index (χ3n) is 3.18. The van der Waals surface area contributed by atoms with Crippen LogP contribution in [0.2, 0.25) is 0 Å². The Morgan fingerprint density at radius 2 is 1.59 bits per heavy atom. The van der Waals surface area contributed by atoms with Gasteiger partial charge in [-0.2, -0.15) is 0 Å². The Kier molecular flexibility index (Phi) is 3.04. The van der Waals surface area contributed by atoms with E-state index in [0.717, 1.165) is 12.8 Å². The fraction of sp³-hybridized carbons (Fsp3) is 0.538. The predicted octanol–water partition coefficient (Wildman–Crippen LogP) is 1.87. The summed E-state index contributed by atoms with van der Waals surface area (Å²) in [5, 5.41) is 0. The highest BCUT2D eigenvalue weighted by molar-refractivity contribution is 7.90. The molecule has 0 amide bonds. The summed E-state index contributed by atoms with van der Waals surface area (Å²) in [5.74, 6) is 0. The highest BCUT2D eigenvalue weighted by Crippen LogP contribution is 2.24. The number of fused-ring (bicyclic) bond motifs is 1. The van der Waals surface area contributed by atoms with Crippen molar-refractivity contribution < 1.29 is 8.42 Å². The van der Waals surface area contributed by atoms with Gasteiger partial charge in [-0.3, -0.25) is 0 Å². The second-order valence-corrected chi connectivity index (χ2v) is 8.07. The zero-order chi connectivity index (χ0) is 12.7. The van der Waals surface area contributed by atoms with Crippen molar-refractivity contribution in [1.82, 2.24) is 4.72 Å². The van der Waals surface area contributed by atoms with E-state index in [1.807, 2.05) is 12.1 Å². The summed E-state index contributed by atoms with van der Waals surface area (Å²) in [6, 6.07) is 8.15. The summed E-state index contributed by atoms with van der Waals surface area (Å²) in [4.78, 5) is 0. The molecule has 0 bridgehead atoms. The first-order valence-corrected chi connectivity index (χ1v) is 7.36. The highest BCUT2D eigenvalue weighted by Gasteiger charge is 2.33. The number of hydrogen-bond acceptors (Lipinski definition) is 2. The molecular formula is C13H19NO2S. The first kappa shape index (κ1) is 12.6. The van der Waals surface area contributed by atoms with Crippen molar-refractivity contribution in [3.63, 3.8) is 0 Å². The van der Waals surface area contributed by atoms with E-state index in [0.29, 0.717) is 0 Å². The first-order valence-electron chi connectivity index (χ1n) is 5.88. The Hall–Kier alpha value is -0.870. The second kappa shape index (κ2) is 4.10. The lowest BCUT2D eigenvalue weighted by atomic mass is 10.1. The molecule has 0 spiro atoms. The maximum absolute atomic E-state index is 12.0. The van der Waals surface area contributed by atoms with E-state index in [2.05, 4.69) is 16.9 Å². The van der Waals surface area contributed by atoms with Crippen molar-refractivity contribution in [1.29, 1.82) is 0 Å². The zero-order valence-electron chi connectivity index (χ0n) is 10.5. The third-order valence-corrected chi connectivity index (χ3v) is 5.44. The van der Waals surface area contributed by atoms with Crippen molar-refractivity contribution in [3.05, 3.63) is 35.4 Å². The van der Waals surface area contributed by atoms with E-state index in [1.165, 1.54) is 11.1 Å². The molecule has 0 saturated heterocycles. The molecule has 1 aliphatic rings. The maximum Gasteiger partial charge on any atom is 0.216 e. The second-order valence-electron chi connectivity index (χ2n) is 5.61. The molecule has 17 heavy (non-hydrogen) atoms. The first-order chi connectivity index (χ1) is 7.79. The molecule has 0 radical (unpaired) electrons. The van der Waals surface area contributed by atoms with Crippen molar-refractivity contribution in [2.75, 3.05) is 0 Å². The minimum absolute atomic E-state index is 0.0108. The average molecular weight is 253 g/mol. The van der Waals surface area contributed by atoms with Crippen LogP contribution in [0.25, 0.3) is 0 Å². The fourth-order valence-corrected chi connectivity index (χ4v) is 3.00. The number of rotatable bonds is 2. The molecular weight excluding hydrogens is 234 g/mol. The van der Waals surface area contributed by atoms with E-state index < -0.39 is 14.8 Å². The Bertz CT molecular complexity index is 489. The molecule has 94 valence electrons. The molecule has 1 aromatic rings. The minimum atomic E-state index is -3.25. The molecule has 0 unspecified atom stereocenters. The van der Waals surface area contributed by atoms with Crippen LogP contribution in [0.4, 0.5) is 0 Å². The quantitative estimate of drug-likeness (QED) is 0.874. The van der Waals surface area contributed by atoms with Crippen LogP contribution in [0.1, 0.15) is 31.9 Å². The Morgan fingerprint density at radius 3 is 2.00 bits per heavy atom. The van der Waals surface area contributed by atoms with E-state index >= 15 is 0 Å². The van der Waals surface area contributed by atoms with E-state index in [9.17, 15) is 8.42 Å². The zero-order valence-corrected chi connectivity index (χ0v) is 11.3. The molecule has 3 nitrogen and oxygen atoms in total. The SMILES string of the molecule is CC(C)(C)S(=O)(=O)NC1Cc2ccccc2C1. The molecule has 4 heteroatoms. The average Bonchev–Trinajstić information content (AvgIpc) is 2.56. The summed E-state index contributed by atoms with van der Waals surface area (Å²) in [6.45, 7) is 5.16. The van der Waals surface area contributed by atoms with Gasteiger partial charge in [-0.25, -0.2) is 13.1 Å². The van der Waals surface area contributed by atoms with Crippen LogP contribution in [0.15, 0.2) is 24.3 Å². The van der Waals surface area contributed by atoms with Crippen molar-refractivity contribution in [3.8, 4) is 0 Å². The molecule has 1 N–H and O–H groups in total. The largest absolute Gasteiger partial charge is 0.216 e. The minimum Gasteiger partial charge on any atom is -0.212 e. The monoisotopic (exact) mass is 253 g/mol. The smallest absolute Gasteiger partial charge is 0.212 e. The molecule has 0 heterocycles. The van der Waals surface area contributed by atoms with Gasteiger partial charge in [0.05, 0.1) is 4.75 Å². The molecule has 0 saturated carbocycles. The summed E-state index contributed by atoms with van der Waals surface area (Å²) in [5.41, 5.74) is 2.52. The van der Waals surface area contributed by atoms with Crippen molar-refractivity contribution >= 4 is 10.0 Å². The summed E-state index contributed by atoms with van der Waals surface area (Å²) in [6.07, 6.45) is 1.59. The van der Waals surface area contributed by atoms with Gasteiger partial charge in [0.1, 0.15) is 0 Å². The lowest BCUT2D eigenvalue weighted by molar-refractivity contribution is 0.523. The molecule has 1 aromatic carbocycles. The Morgan fingerprint density at radius 1 is 1.12 bits per heavy atom. The van der Waals surface area contributed by atoms with Crippen molar-refractivity contribution in [2.24, 2.45) is 0 Å². The fourth-order valence-electron chi connectivity index (χ4n) is 2.04. The van der Waals surface area contributed by atoms with E-state index in [4.69, 9.17) is 0 Å². The van der Waals surface area contributed by atoms with Crippen LogP contribution >= 0.6 is 0 Å². The van der Waals surface area contributed by atoms with Crippen LogP contribution < -0.4 is 4.72 Å². The summed E-state index contributed by atoms with van der Waals surface area (Å²) >= 11 is 0. The summed E-state index contributed by atoms with van der Waals surface area (Å²) in [7, 11) is -3.25. The molecule has 0 aliphatic heterocycles. The van der Waals surface area contributed by atoms with Crippen LogP contribution in [-0.2, 0) is 22.9 Å². The van der Waals surface area contributed by atoms with Crippen LogP contribution in [0.5, 0.6) is 0 Å². The van der Waals surface area contributed by atoms with Gasteiger partial charge in [-0.15, -0.1) is 0 Å². The Labute approximate surface area is 103 Å². The van der Waals surface area contributed by atoms with Gasteiger partial charge in [0.15, 0.2) is 0 Å². The van der Waals surface area contributed by atoms with Gasteiger partial charge >= 0.3 is 0 Å². The van der Waals surface area contributed by atoms with Crippen LogP contribution in [0.3, 0.4) is 0 Å². The number of nitrogens with one attached hydrogen (secondary N) is 1. The highest BCUT2D eigenvalue weighted by atomic mass is 32.2. The lowest BCUT2D eigenvalue weighted by Crippen LogP contribution is -2.45. The number of benzene rings is 1. The van der Waals surface area contributed by atoms with E-state index in [-0.39, 0.29) is 6.04 Å². The van der Waals surface area contributed by atoms with Gasteiger partial charge in [-0.1, -0.05) is 24.3 Å². The van der Waals surface area contributed by atoms with Gasteiger partial charge in [0, 0.05) is 6.04 Å². The topological polar surface area (TPSA) is 46.2 Å². The third kappa shape index (κ3) is 2.53. The lowest BCUT2D eigenvalue weighted by Gasteiger charge is -2.22. The summed E-state index contributed by atoms with van der Waals surface area (Å²) < 4.78 is 26.2. The predicted molar refractivity (Wildman–Crippen MR) is 69.4 cm³/mol. The molecule has 0 atom stereocenters. The number of hydrogen-bond donors (Lipinski definition) is 1. The normalized spacial score (nSPS) is 17.1. The maximum atomic E-state index is 12.0. The molecule has 2 rings (SSSR count). The molecule has 0 aromatic heterocycles. The molecule has 0 fully saturated rings.